The molecule has 1 aliphatic rings. The SMILES string of the molecule is Fc1cc(C(F)(F)F)ccc1Nc1nc(N/N=C/c2cccc(OC(F)(F)C(F)F)c2)nc(N2CCOCC2)n1. The second-order valence-electron chi connectivity index (χ2n) is 8.11. The van der Waals surface area contributed by atoms with E-state index >= 15 is 0 Å². The molecule has 0 radical (unpaired) electrons. The first-order chi connectivity index (χ1) is 18.9. The van der Waals surface area contributed by atoms with Crippen molar-refractivity contribution < 1.29 is 44.6 Å². The van der Waals surface area contributed by atoms with Gasteiger partial charge in [-0.05, 0) is 35.9 Å². The van der Waals surface area contributed by atoms with Gasteiger partial charge >= 0.3 is 18.7 Å². The summed E-state index contributed by atoms with van der Waals surface area (Å²) in [6.45, 7) is 1.53. The Morgan fingerprint density at radius 2 is 1.70 bits per heavy atom. The summed E-state index contributed by atoms with van der Waals surface area (Å²) in [5.74, 6) is -2.00. The number of hydrogen-bond acceptors (Lipinski definition) is 9. The van der Waals surface area contributed by atoms with Crippen LogP contribution in [0.2, 0.25) is 0 Å². The first kappa shape index (κ1) is 28.7. The van der Waals surface area contributed by atoms with Crippen molar-refractivity contribution >= 4 is 29.7 Å². The van der Waals surface area contributed by atoms with E-state index < -0.39 is 35.8 Å². The normalized spacial score (nSPS) is 14.6. The maximum atomic E-state index is 14.4. The zero-order valence-electron chi connectivity index (χ0n) is 20.1. The Kier molecular flexibility index (Phi) is 8.51. The second-order valence-corrected chi connectivity index (χ2v) is 8.11. The van der Waals surface area contributed by atoms with E-state index in [4.69, 9.17) is 4.74 Å². The maximum absolute atomic E-state index is 14.4. The Morgan fingerprint density at radius 1 is 0.975 bits per heavy atom. The Morgan fingerprint density at radius 3 is 2.38 bits per heavy atom. The largest absolute Gasteiger partial charge is 0.461 e. The number of ether oxygens (including phenoxy) is 2. The summed E-state index contributed by atoms with van der Waals surface area (Å²) in [4.78, 5) is 14.2. The Bertz CT molecular complexity index is 1350. The monoisotopic (exact) mass is 577 g/mol. The molecule has 0 spiro atoms. The van der Waals surface area contributed by atoms with Crippen molar-refractivity contribution in [2.45, 2.75) is 18.7 Å². The minimum absolute atomic E-state index is 0.121. The van der Waals surface area contributed by atoms with Gasteiger partial charge in [0.2, 0.25) is 17.8 Å². The number of aromatic nitrogens is 3. The summed E-state index contributed by atoms with van der Waals surface area (Å²) in [5.41, 5.74) is 1.16. The van der Waals surface area contributed by atoms with Crippen LogP contribution < -0.4 is 20.4 Å². The first-order valence-electron chi connectivity index (χ1n) is 11.4. The summed E-state index contributed by atoms with van der Waals surface area (Å²) in [6.07, 6.45) is -12.3. The highest BCUT2D eigenvalue weighted by atomic mass is 19.4. The molecule has 2 aromatic carbocycles. The molecule has 0 aliphatic carbocycles. The third-order valence-corrected chi connectivity index (χ3v) is 5.20. The number of nitrogens with one attached hydrogen (secondary N) is 2. The highest BCUT2D eigenvalue weighted by Gasteiger charge is 2.44. The molecule has 1 saturated heterocycles. The zero-order chi connectivity index (χ0) is 28.9. The predicted molar refractivity (Wildman–Crippen MR) is 127 cm³/mol. The fraction of sp³-hybridized carbons (Fsp3) is 0.304. The number of anilines is 4. The van der Waals surface area contributed by atoms with Gasteiger partial charge in [0.1, 0.15) is 11.6 Å². The molecule has 214 valence electrons. The molecule has 0 bridgehead atoms. The minimum Gasteiger partial charge on any atom is -0.428 e. The van der Waals surface area contributed by atoms with Crippen molar-refractivity contribution in [1.82, 2.24) is 15.0 Å². The fourth-order valence-electron chi connectivity index (χ4n) is 3.31. The average Bonchev–Trinajstić information content (AvgIpc) is 2.89. The van der Waals surface area contributed by atoms with E-state index in [-0.39, 0.29) is 29.1 Å². The molecular formula is C23H19F8N7O2. The molecule has 0 atom stereocenters. The molecular weight excluding hydrogens is 558 g/mol. The van der Waals surface area contributed by atoms with Gasteiger partial charge in [0.15, 0.2) is 0 Å². The van der Waals surface area contributed by atoms with Crippen LogP contribution in [0.25, 0.3) is 0 Å². The van der Waals surface area contributed by atoms with E-state index in [9.17, 15) is 35.1 Å². The molecule has 1 aromatic heterocycles. The highest BCUT2D eigenvalue weighted by Crippen LogP contribution is 2.32. The van der Waals surface area contributed by atoms with Crippen LogP contribution in [0, 0.1) is 5.82 Å². The zero-order valence-corrected chi connectivity index (χ0v) is 20.1. The lowest BCUT2D eigenvalue weighted by atomic mass is 10.2. The molecule has 3 aromatic rings. The smallest absolute Gasteiger partial charge is 0.428 e. The summed E-state index contributed by atoms with van der Waals surface area (Å²) in [6, 6.07) is 6.69. The van der Waals surface area contributed by atoms with Crippen LogP contribution in [0.3, 0.4) is 0 Å². The molecule has 40 heavy (non-hydrogen) atoms. The van der Waals surface area contributed by atoms with E-state index in [0.717, 1.165) is 24.4 Å². The molecule has 2 N–H and O–H groups in total. The number of benzene rings is 2. The number of morpholine rings is 1. The van der Waals surface area contributed by atoms with Crippen molar-refractivity contribution in [3.63, 3.8) is 0 Å². The molecule has 2 heterocycles. The predicted octanol–water partition coefficient (Wildman–Crippen LogP) is 5.29. The van der Waals surface area contributed by atoms with Crippen LogP contribution in [-0.2, 0) is 10.9 Å². The third-order valence-electron chi connectivity index (χ3n) is 5.20. The first-order valence-corrected chi connectivity index (χ1v) is 11.4. The van der Waals surface area contributed by atoms with Crippen LogP contribution in [-0.4, -0.2) is 60.0 Å². The summed E-state index contributed by atoms with van der Waals surface area (Å²) in [7, 11) is 0. The van der Waals surface area contributed by atoms with Crippen LogP contribution in [0.4, 0.5) is 58.7 Å². The molecule has 0 unspecified atom stereocenters. The topological polar surface area (TPSA) is 96.8 Å². The molecule has 17 heteroatoms. The maximum Gasteiger partial charge on any atom is 0.461 e. The number of rotatable bonds is 9. The van der Waals surface area contributed by atoms with Gasteiger partial charge < -0.3 is 19.7 Å². The Labute approximate surface area is 220 Å². The molecule has 9 nitrogen and oxygen atoms in total. The number of hydrogen-bond donors (Lipinski definition) is 2. The lowest BCUT2D eigenvalue weighted by Crippen LogP contribution is -2.37. The molecule has 1 aliphatic heterocycles. The molecule has 4 rings (SSSR count). The average molecular weight is 577 g/mol. The summed E-state index contributed by atoms with van der Waals surface area (Å²) in [5, 5.41) is 6.40. The number of halogens is 8. The van der Waals surface area contributed by atoms with Crippen molar-refractivity contribution in [3.8, 4) is 5.75 Å². The van der Waals surface area contributed by atoms with Gasteiger partial charge in [-0.3, -0.25) is 0 Å². The van der Waals surface area contributed by atoms with E-state index in [1.807, 2.05) is 0 Å². The summed E-state index contributed by atoms with van der Waals surface area (Å²) >= 11 is 0. The molecule has 0 amide bonds. The van der Waals surface area contributed by atoms with Crippen LogP contribution in [0.1, 0.15) is 11.1 Å². The van der Waals surface area contributed by atoms with Gasteiger partial charge in [0.05, 0.1) is 30.7 Å². The van der Waals surface area contributed by atoms with Crippen molar-refractivity contribution in [1.29, 1.82) is 0 Å². The molecule has 0 saturated carbocycles. The Balaban J connectivity index is 1.55. The van der Waals surface area contributed by atoms with Crippen LogP contribution >= 0.6 is 0 Å². The van der Waals surface area contributed by atoms with Crippen molar-refractivity contribution in [2.75, 3.05) is 41.9 Å². The minimum atomic E-state index is -4.74. The number of hydrazone groups is 1. The van der Waals surface area contributed by atoms with Gasteiger partial charge in [0, 0.05) is 13.1 Å². The van der Waals surface area contributed by atoms with Crippen molar-refractivity contribution in [3.05, 3.63) is 59.4 Å². The van der Waals surface area contributed by atoms with Crippen molar-refractivity contribution in [2.24, 2.45) is 5.10 Å². The van der Waals surface area contributed by atoms with E-state index in [0.29, 0.717) is 38.4 Å². The van der Waals surface area contributed by atoms with Gasteiger partial charge in [0.25, 0.3) is 0 Å². The van der Waals surface area contributed by atoms with Gasteiger partial charge in [-0.2, -0.15) is 50.8 Å². The van der Waals surface area contributed by atoms with Gasteiger partial charge in [-0.25, -0.2) is 9.82 Å². The standard InChI is InChI=1S/C23H19F8N7O2/c24-16-11-14(22(27,28)29)4-5-17(16)33-19-34-20(36-21(35-19)38-6-8-39-9-7-38)37-32-12-13-2-1-3-15(10-13)40-23(30,31)18(25)26/h1-5,10-12,18H,6-9H2,(H2,33,34,35,36,37)/b32-12+. The second kappa shape index (κ2) is 11.8. The lowest BCUT2D eigenvalue weighted by molar-refractivity contribution is -0.253. The quantitative estimate of drug-likeness (QED) is 0.201. The fourth-order valence-corrected chi connectivity index (χ4v) is 3.31. The van der Waals surface area contributed by atoms with E-state index in [1.54, 1.807) is 4.90 Å². The van der Waals surface area contributed by atoms with E-state index in [1.165, 1.54) is 12.1 Å². The third kappa shape index (κ3) is 7.43. The van der Waals surface area contributed by atoms with Crippen LogP contribution in [0.5, 0.6) is 5.75 Å². The number of alkyl halides is 7. The Hall–Kier alpha value is -4.28. The van der Waals surface area contributed by atoms with Crippen LogP contribution in [0.15, 0.2) is 47.6 Å². The summed E-state index contributed by atoms with van der Waals surface area (Å²) < 4.78 is 114. The van der Waals surface area contributed by atoms with Gasteiger partial charge in [-0.1, -0.05) is 12.1 Å². The lowest BCUT2D eigenvalue weighted by Gasteiger charge is -2.27. The van der Waals surface area contributed by atoms with Gasteiger partial charge in [-0.15, -0.1) is 0 Å². The highest BCUT2D eigenvalue weighted by molar-refractivity contribution is 5.80. The number of nitrogens with zero attached hydrogens (tertiary/aromatic N) is 5. The molecule has 1 fully saturated rings. The van der Waals surface area contributed by atoms with E-state index in [2.05, 4.69) is 35.5 Å².